The van der Waals surface area contributed by atoms with Crippen molar-refractivity contribution in [3.63, 3.8) is 0 Å². The Balaban J connectivity index is 1.21. The molecule has 2 saturated carbocycles. The molecule has 2 aliphatic carbocycles. The molecule has 0 radical (unpaired) electrons. The van der Waals surface area contributed by atoms with Crippen LogP contribution >= 0.6 is 0 Å². The van der Waals surface area contributed by atoms with Crippen LogP contribution in [0.5, 0.6) is 0 Å². The van der Waals surface area contributed by atoms with Crippen LogP contribution in [0, 0.1) is 35.3 Å². The van der Waals surface area contributed by atoms with Crippen molar-refractivity contribution in [2.45, 2.75) is 71.1 Å². The molecule has 2 aromatic rings. The molecule has 1 nitrogen and oxygen atoms in total. The standard InChI is InChI=1S/C28H35F2N/c1-2-3-20-6-11-23(12-7-20)24-13-8-21(9-14-24)4-5-22-10-17-28(31-19-22)25-15-16-26(29)27(30)18-25/h2-3,10,15-21,23-24H,4-9,11-14H2,1H3/b3-2+. The van der Waals surface area contributed by atoms with Gasteiger partial charge in [0.25, 0.3) is 0 Å². The Morgan fingerprint density at radius 1 is 0.871 bits per heavy atom. The third kappa shape index (κ3) is 5.81. The van der Waals surface area contributed by atoms with E-state index in [1.807, 2.05) is 12.3 Å². The van der Waals surface area contributed by atoms with E-state index in [0.29, 0.717) is 11.3 Å². The van der Waals surface area contributed by atoms with Crippen LogP contribution in [0.25, 0.3) is 11.3 Å². The van der Waals surface area contributed by atoms with Gasteiger partial charge in [-0.1, -0.05) is 31.1 Å². The lowest BCUT2D eigenvalue weighted by Crippen LogP contribution is -2.25. The highest BCUT2D eigenvalue weighted by Crippen LogP contribution is 2.42. The van der Waals surface area contributed by atoms with Crippen molar-refractivity contribution in [3.8, 4) is 11.3 Å². The zero-order valence-electron chi connectivity index (χ0n) is 18.7. The highest BCUT2D eigenvalue weighted by Gasteiger charge is 2.30. The number of pyridine rings is 1. The molecule has 2 fully saturated rings. The number of aryl methyl sites for hydroxylation is 1. The second kappa shape index (κ2) is 10.5. The lowest BCUT2D eigenvalue weighted by atomic mass is 9.68. The van der Waals surface area contributed by atoms with E-state index >= 15 is 0 Å². The van der Waals surface area contributed by atoms with Crippen LogP contribution in [-0.2, 0) is 6.42 Å². The number of rotatable bonds is 6. The molecule has 0 saturated heterocycles. The molecule has 0 bridgehead atoms. The summed E-state index contributed by atoms with van der Waals surface area (Å²) in [5.41, 5.74) is 2.53. The minimum atomic E-state index is -0.829. The first kappa shape index (κ1) is 22.2. The summed E-state index contributed by atoms with van der Waals surface area (Å²) in [5, 5.41) is 0. The van der Waals surface area contributed by atoms with Gasteiger partial charge in [-0.25, -0.2) is 8.78 Å². The molecule has 0 atom stereocenters. The Bertz CT molecular complexity index is 857. The Morgan fingerprint density at radius 3 is 2.19 bits per heavy atom. The first-order valence-corrected chi connectivity index (χ1v) is 12.2. The molecule has 31 heavy (non-hydrogen) atoms. The Labute approximate surface area is 186 Å². The average Bonchev–Trinajstić information content (AvgIpc) is 2.81. The fourth-order valence-corrected chi connectivity index (χ4v) is 5.80. The zero-order chi connectivity index (χ0) is 21.6. The van der Waals surface area contributed by atoms with Crippen LogP contribution in [0.1, 0.15) is 70.3 Å². The van der Waals surface area contributed by atoms with Crippen LogP contribution in [-0.4, -0.2) is 4.98 Å². The van der Waals surface area contributed by atoms with Crippen molar-refractivity contribution in [3.05, 3.63) is 65.9 Å². The number of hydrogen-bond donors (Lipinski definition) is 0. The summed E-state index contributed by atoms with van der Waals surface area (Å²) in [6, 6.07) is 7.94. The molecule has 1 aromatic heterocycles. The van der Waals surface area contributed by atoms with Gasteiger partial charge in [0.05, 0.1) is 5.69 Å². The molecule has 0 N–H and O–H groups in total. The number of allylic oxidation sites excluding steroid dienone is 2. The van der Waals surface area contributed by atoms with E-state index in [0.717, 1.165) is 36.2 Å². The molecule has 0 amide bonds. The van der Waals surface area contributed by atoms with Crippen LogP contribution in [0.3, 0.4) is 0 Å². The van der Waals surface area contributed by atoms with Gasteiger partial charge in [-0.15, -0.1) is 0 Å². The summed E-state index contributed by atoms with van der Waals surface area (Å²) < 4.78 is 26.6. The Hall–Kier alpha value is -2.03. The maximum absolute atomic E-state index is 13.5. The predicted molar refractivity (Wildman–Crippen MR) is 124 cm³/mol. The number of aromatic nitrogens is 1. The van der Waals surface area contributed by atoms with Gasteiger partial charge in [-0.3, -0.25) is 4.98 Å². The van der Waals surface area contributed by atoms with Crippen LogP contribution in [0.2, 0.25) is 0 Å². The molecule has 3 heteroatoms. The van der Waals surface area contributed by atoms with Crippen molar-refractivity contribution in [1.82, 2.24) is 4.98 Å². The van der Waals surface area contributed by atoms with Gasteiger partial charge in [0.2, 0.25) is 0 Å². The second-order valence-electron chi connectivity index (χ2n) is 9.70. The highest BCUT2D eigenvalue weighted by atomic mass is 19.2. The fraction of sp³-hybridized carbons (Fsp3) is 0.536. The number of nitrogens with zero attached hydrogens (tertiary/aromatic N) is 1. The SMILES string of the molecule is C/C=C/C1CCC(C2CCC(CCc3ccc(-c4ccc(F)c(F)c4)nc3)CC2)CC1. The number of benzene rings is 1. The van der Waals surface area contributed by atoms with E-state index in [1.165, 1.54) is 69.4 Å². The van der Waals surface area contributed by atoms with Crippen LogP contribution < -0.4 is 0 Å². The van der Waals surface area contributed by atoms with E-state index in [4.69, 9.17) is 0 Å². The van der Waals surface area contributed by atoms with Gasteiger partial charge in [-0.2, -0.15) is 0 Å². The molecule has 1 aromatic carbocycles. The molecule has 1 heterocycles. The minimum Gasteiger partial charge on any atom is -0.256 e. The Kier molecular flexibility index (Phi) is 7.53. The van der Waals surface area contributed by atoms with Gasteiger partial charge < -0.3 is 0 Å². The highest BCUT2D eigenvalue weighted by molar-refractivity contribution is 5.59. The third-order valence-corrected chi connectivity index (χ3v) is 7.72. The maximum Gasteiger partial charge on any atom is 0.159 e. The van der Waals surface area contributed by atoms with Crippen LogP contribution in [0.4, 0.5) is 8.78 Å². The van der Waals surface area contributed by atoms with Crippen molar-refractivity contribution in [1.29, 1.82) is 0 Å². The molecule has 166 valence electrons. The summed E-state index contributed by atoms with van der Waals surface area (Å²) in [5.74, 6) is 1.94. The van der Waals surface area contributed by atoms with Crippen LogP contribution in [0.15, 0.2) is 48.7 Å². The number of halogens is 2. The molecule has 2 aliphatic rings. The quantitative estimate of drug-likeness (QED) is 0.427. The molecule has 4 rings (SSSR count). The molecular weight excluding hydrogens is 388 g/mol. The van der Waals surface area contributed by atoms with Gasteiger partial charge in [0.15, 0.2) is 11.6 Å². The summed E-state index contributed by atoms with van der Waals surface area (Å²) in [6.07, 6.45) is 20.0. The summed E-state index contributed by atoms with van der Waals surface area (Å²) >= 11 is 0. The monoisotopic (exact) mass is 423 g/mol. The molecule has 0 aliphatic heterocycles. The molecular formula is C28H35F2N. The predicted octanol–water partition coefficient (Wildman–Crippen LogP) is 8.15. The second-order valence-corrected chi connectivity index (χ2v) is 9.70. The van der Waals surface area contributed by atoms with Crippen molar-refractivity contribution < 1.29 is 8.78 Å². The van der Waals surface area contributed by atoms with E-state index in [-0.39, 0.29) is 0 Å². The van der Waals surface area contributed by atoms with E-state index in [2.05, 4.69) is 30.1 Å². The lowest BCUT2D eigenvalue weighted by molar-refractivity contribution is 0.152. The fourth-order valence-electron chi connectivity index (χ4n) is 5.80. The van der Waals surface area contributed by atoms with Gasteiger partial charge in [-0.05, 0) is 112 Å². The third-order valence-electron chi connectivity index (χ3n) is 7.72. The van der Waals surface area contributed by atoms with Gasteiger partial charge in [0, 0.05) is 11.8 Å². The lowest BCUT2D eigenvalue weighted by Gasteiger charge is -2.37. The normalized spacial score (nSPS) is 26.9. The molecule has 0 unspecified atom stereocenters. The first-order valence-electron chi connectivity index (χ1n) is 12.2. The van der Waals surface area contributed by atoms with E-state index < -0.39 is 11.6 Å². The Morgan fingerprint density at radius 2 is 1.58 bits per heavy atom. The van der Waals surface area contributed by atoms with E-state index in [9.17, 15) is 8.78 Å². The first-order chi connectivity index (χ1) is 15.1. The zero-order valence-corrected chi connectivity index (χ0v) is 18.7. The van der Waals surface area contributed by atoms with Crippen molar-refractivity contribution >= 4 is 0 Å². The number of hydrogen-bond acceptors (Lipinski definition) is 1. The summed E-state index contributed by atoms with van der Waals surface area (Å²) in [6.45, 7) is 2.14. The summed E-state index contributed by atoms with van der Waals surface area (Å²) in [7, 11) is 0. The van der Waals surface area contributed by atoms with Crippen molar-refractivity contribution in [2.75, 3.05) is 0 Å². The minimum absolute atomic E-state index is 0.614. The average molecular weight is 424 g/mol. The maximum atomic E-state index is 13.5. The summed E-state index contributed by atoms with van der Waals surface area (Å²) in [4.78, 5) is 4.48. The topological polar surface area (TPSA) is 12.9 Å². The van der Waals surface area contributed by atoms with E-state index in [1.54, 1.807) is 6.07 Å². The smallest absolute Gasteiger partial charge is 0.159 e. The van der Waals surface area contributed by atoms with Gasteiger partial charge in [0.1, 0.15) is 0 Å². The largest absolute Gasteiger partial charge is 0.256 e. The molecule has 0 spiro atoms. The van der Waals surface area contributed by atoms with Gasteiger partial charge >= 0.3 is 0 Å². The van der Waals surface area contributed by atoms with Crippen molar-refractivity contribution in [2.24, 2.45) is 23.7 Å².